The van der Waals surface area contributed by atoms with Crippen LogP contribution in [-0.4, -0.2) is 18.0 Å². The summed E-state index contributed by atoms with van der Waals surface area (Å²) in [6.45, 7) is 5.02. The largest absolute Gasteiger partial charge is 0.354 e. The lowest BCUT2D eigenvalue weighted by Gasteiger charge is -2.38. The minimum Gasteiger partial charge on any atom is -0.354 e. The molecule has 0 bridgehead atoms. The van der Waals surface area contributed by atoms with E-state index in [2.05, 4.69) is 19.2 Å². The predicted molar refractivity (Wildman–Crippen MR) is 60.3 cm³/mol. The number of amides is 1. The Balaban J connectivity index is 1.74. The first kappa shape index (κ1) is 10.9. The SMILES string of the molecule is CCC1(C)CC1C(=O)NCC1(N)CCC1. The van der Waals surface area contributed by atoms with Crippen molar-refractivity contribution < 1.29 is 4.79 Å². The summed E-state index contributed by atoms with van der Waals surface area (Å²) < 4.78 is 0. The Bertz CT molecular complexity index is 273. The third-order valence-electron chi connectivity index (χ3n) is 4.44. The third-order valence-corrected chi connectivity index (χ3v) is 4.44. The molecule has 3 N–H and O–H groups in total. The number of rotatable bonds is 4. The van der Waals surface area contributed by atoms with Crippen molar-refractivity contribution in [3.8, 4) is 0 Å². The van der Waals surface area contributed by atoms with Crippen molar-refractivity contribution in [2.45, 2.75) is 51.5 Å². The van der Waals surface area contributed by atoms with Crippen molar-refractivity contribution in [3.63, 3.8) is 0 Å². The Morgan fingerprint density at radius 2 is 2.20 bits per heavy atom. The molecule has 1 amide bonds. The lowest BCUT2D eigenvalue weighted by molar-refractivity contribution is -0.123. The number of carbonyl (C=O) groups is 1. The van der Waals surface area contributed by atoms with Crippen LogP contribution in [0.25, 0.3) is 0 Å². The summed E-state index contributed by atoms with van der Waals surface area (Å²) >= 11 is 0. The molecule has 2 fully saturated rings. The van der Waals surface area contributed by atoms with Crippen LogP contribution in [0.4, 0.5) is 0 Å². The summed E-state index contributed by atoms with van der Waals surface area (Å²) in [6, 6.07) is 0. The van der Waals surface area contributed by atoms with Gasteiger partial charge in [0.25, 0.3) is 0 Å². The summed E-state index contributed by atoms with van der Waals surface area (Å²) in [5.74, 6) is 0.460. The molecule has 2 saturated carbocycles. The molecule has 2 aliphatic rings. The van der Waals surface area contributed by atoms with Gasteiger partial charge in [0.1, 0.15) is 0 Å². The first-order valence-corrected chi connectivity index (χ1v) is 6.06. The monoisotopic (exact) mass is 210 g/mol. The Morgan fingerprint density at radius 3 is 2.60 bits per heavy atom. The van der Waals surface area contributed by atoms with Crippen LogP contribution < -0.4 is 11.1 Å². The molecule has 2 unspecified atom stereocenters. The van der Waals surface area contributed by atoms with E-state index in [1.54, 1.807) is 0 Å². The van der Waals surface area contributed by atoms with Crippen LogP contribution in [0.15, 0.2) is 0 Å². The summed E-state index contributed by atoms with van der Waals surface area (Å²) in [6.07, 6.45) is 5.47. The molecule has 0 aromatic carbocycles. The second-order valence-electron chi connectivity index (χ2n) is 5.70. The maximum absolute atomic E-state index is 11.8. The van der Waals surface area contributed by atoms with Crippen molar-refractivity contribution in [1.29, 1.82) is 0 Å². The molecule has 2 aliphatic carbocycles. The normalized spacial score (nSPS) is 36.9. The van der Waals surface area contributed by atoms with Gasteiger partial charge in [-0.15, -0.1) is 0 Å². The van der Waals surface area contributed by atoms with Gasteiger partial charge in [0.2, 0.25) is 5.91 Å². The maximum atomic E-state index is 11.8. The smallest absolute Gasteiger partial charge is 0.223 e. The number of nitrogens with two attached hydrogens (primary N) is 1. The number of hydrogen-bond acceptors (Lipinski definition) is 2. The van der Waals surface area contributed by atoms with Gasteiger partial charge in [0.05, 0.1) is 0 Å². The van der Waals surface area contributed by atoms with Crippen LogP contribution in [0.3, 0.4) is 0 Å². The zero-order valence-corrected chi connectivity index (χ0v) is 9.81. The fraction of sp³-hybridized carbons (Fsp3) is 0.917. The van der Waals surface area contributed by atoms with E-state index in [4.69, 9.17) is 5.73 Å². The van der Waals surface area contributed by atoms with E-state index in [1.165, 1.54) is 6.42 Å². The molecular formula is C12H22N2O. The van der Waals surface area contributed by atoms with Gasteiger partial charge in [-0.1, -0.05) is 13.8 Å². The summed E-state index contributed by atoms with van der Waals surface area (Å²) in [7, 11) is 0. The lowest BCUT2D eigenvalue weighted by Crippen LogP contribution is -2.55. The van der Waals surface area contributed by atoms with E-state index in [-0.39, 0.29) is 22.8 Å². The molecule has 86 valence electrons. The van der Waals surface area contributed by atoms with E-state index in [0.717, 1.165) is 25.7 Å². The van der Waals surface area contributed by atoms with Crippen LogP contribution in [0.5, 0.6) is 0 Å². The molecule has 2 atom stereocenters. The van der Waals surface area contributed by atoms with E-state index < -0.39 is 0 Å². The lowest BCUT2D eigenvalue weighted by atomic mass is 9.78. The average Bonchev–Trinajstić information content (AvgIpc) is 2.85. The fourth-order valence-corrected chi connectivity index (χ4v) is 2.40. The molecule has 0 radical (unpaired) electrons. The molecule has 15 heavy (non-hydrogen) atoms. The van der Waals surface area contributed by atoms with E-state index in [9.17, 15) is 4.79 Å². The van der Waals surface area contributed by atoms with Gasteiger partial charge in [-0.2, -0.15) is 0 Å². The van der Waals surface area contributed by atoms with Gasteiger partial charge in [-0.05, 0) is 37.5 Å². The zero-order valence-electron chi connectivity index (χ0n) is 9.81. The van der Waals surface area contributed by atoms with Gasteiger partial charge < -0.3 is 11.1 Å². The second kappa shape index (κ2) is 3.48. The van der Waals surface area contributed by atoms with Gasteiger partial charge in [-0.25, -0.2) is 0 Å². The van der Waals surface area contributed by atoms with Crippen LogP contribution >= 0.6 is 0 Å². The van der Waals surface area contributed by atoms with Crippen LogP contribution in [0, 0.1) is 11.3 Å². The quantitative estimate of drug-likeness (QED) is 0.737. The topological polar surface area (TPSA) is 55.1 Å². The molecule has 3 nitrogen and oxygen atoms in total. The summed E-state index contributed by atoms with van der Waals surface area (Å²) in [4.78, 5) is 11.8. The highest BCUT2D eigenvalue weighted by Gasteiger charge is 2.53. The van der Waals surface area contributed by atoms with E-state index in [0.29, 0.717) is 6.54 Å². The average molecular weight is 210 g/mol. The minimum atomic E-state index is -0.0901. The van der Waals surface area contributed by atoms with Gasteiger partial charge >= 0.3 is 0 Å². The molecule has 0 spiro atoms. The zero-order chi connectivity index (χ0) is 11.1. The van der Waals surface area contributed by atoms with Crippen LogP contribution in [0.2, 0.25) is 0 Å². The number of hydrogen-bond donors (Lipinski definition) is 2. The number of carbonyl (C=O) groups excluding carboxylic acids is 1. The standard InChI is InChI=1S/C12H22N2O/c1-3-11(2)7-9(11)10(15)14-8-12(13)5-4-6-12/h9H,3-8,13H2,1-2H3,(H,14,15). The van der Waals surface area contributed by atoms with Crippen molar-refractivity contribution in [1.82, 2.24) is 5.32 Å². The van der Waals surface area contributed by atoms with Crippen LogP contribution in [0.1, 0.15) is 46.0 Å². The highest BCUT2D eigenvalue weighted by atomic mass is 16.2. The molecule has 0 heterocycles. The Hall–Kier alpha value is -0.570. The van der Waals surface area contributed by atoms with Crippen molar-refractivity contribution in [2.75, 3.05) is 6.54 Å². The summed E-state index contributed by atoms with van der Waals surface area (Å²) in [5.41, 5.74) is 6.24. The molecule has 2 rings (SSSR count). The van der Waals surface area contributed by atoms with E-state index in [1.807, 2.05) is 0 Å². The summed E-state index contributed by atoms with van der Waals surface area (Å²) in [5, 5.41) is 3.01. The minimum absolute atomic E-state index is 0.0901. The molecular weight excluding hydrogens is 188 g/mol. The Kier molecular flexibility index (Phi) is 2.53. The first-order chi connectivity index (χ1) is 6.99. The Morgan fingerprint density at radius 1 is 1.53 bits per heavy atom. The van der Waals surface area contributed by atoms with Gasteiger partial charge in [-0.3, -0.25) is 4.79 Å². The fourth-order valence-electron chi connectivity index (χ4n) is 2.40. The van der Waals surface area contributed by atoms with Crippen LogP contribution in [-0.2, 0) is 4.79 Å². The maximum Gasteiger partial charge on any atom is 0.223 e. The predicted octanol–water partition coefficient (Wildman–Crippen LogP) is 1.42. The second-order valence-corrected chi connectivity index (χ2v) is 5.70. The third kappa shape index (κ3) is 2.03. The molecule has 3 heteroatoms. The van der Waals surface area contributed by atoms with Crippen molar-refractivity contribution >= 4 is 5.91 Å². The van der Waals surface area contributed by atoms with Gasteiger partial charge in [0.15, 0.2) is 0 Å². The molecule has 0 saturated heterocycles. The van der Waals surface area contributed by atoms with Crippen molar-refractivity contribution in [2.24, 2.45) is 17.1 Å². The molecule has 0 aromatic heterocycles. The molecule has 0 aromatic rings. The van der Waals surface area contributed by atoms with E-state index >= 15 is 0 Å². The van der Waals surface area contributed by atoms with Crippen molar-refractivity contribution in [3.05, 3.63) is 0 Å². The van der Waals surface area contributed by atoms with Gasteiger partial charge in [0, 0.05) is 18.0 Å². The highest BCUT2D eigenvalue weighted by Crippen LogP contribution is 2.54. The number of nitrogens with one attached hydrogen (secondary N) is 1. The Labute approximate surface area is 91.8 Å². The molecule has 0 aliphatic heterocycles. The first-order valence-electron chi connectivity index (χ1n) is 6.06. The highest BCUT2D eigenvalue weighted by molar-refractivity contribution is 5.82.